The van der Waals surface area contributed by atoms with Gasteiger partial charge in [-0.05, 0) is 23.6 Å². The molecule has 1 aliphatic heterocycles. The summed E-state index contributed by atoms with van der Waals surface area (Å²) in [4.78, 5) is 14.3. The van der Waals surface area contributed by atoms with Gasteiger partial charge in [-0.1, -0.05) is 55.5 Å². The van der Waals surface area contributed by atoms with Gasteiger partial charge >= 0.3 is 0 Å². The van der Waals surface area contributed by atoms with E-state index in [2.05, 4.69) is 18.2 Å². The van der Waals surface area contributed by atoms with Crippen molar-refractivity contribution in [2.24, 2.45) is 5.92 Å². The molecule has 1 amide bonds. The molecule has 0 saturated carbocycles. The molecule has 3 rings (SSSR count). The van der Waals surface area contributed by atoms with Crippen LogP contribution in [0.3, 0.4) is 0 Å². The van der Waals surface area contributed by atoms with E-state index in [9.17, 15) is 4.79 Å². The molecular weight excluding hydrogens is 234 g/mol. The van der Waals surface area contributed by atoms with Gasteiger partial charge in [0.05, 0.1) is 6.54 Å². The van der Waals surface area contributed by atoms with Gasteiger partial charge in [-0.25, -0.2) is 0 Å². The van der Waals surface area contributed by atoms with Crippen molar-refractivity contribution in [3.05, 3.63) is 65.7 Å². The second-order valence-electron chi connectivity index (χ2n) is 5.14. The van der Waals surface area contributed by atoms with Gasteiger partial charge in [0, 0.05) is 11.6 Å². The SMILES string of the molecule is C[C@@H]1Cc2ccccc2N(Cc2ccccc2)C1=O. The highest BCUT2D eigenvalue weighted by Gasteiger charge is 2.29. The third-order valence-corrected chi connectivity index (χ3v) is 3.68. The Bertz CT molecular complexity index is 591. The first-order valence-electron chi connectivity index (χ1n) is 6.69. The maximum Gasteiger partial charge on any atom is 0.230 e. The third-order valence-electron chi connectivity index (χ3n) is 3.68. The lowest BCUT2D eigenvalue weighted by atomic mass is 9.93. The lowest BCUT2D eigenvalue weighted by molar-refractivity contribution is -0.122. The Hall–Kier alpha value is -2.09. The summed E-state index contributed by atoms with van der Waals surface area (Å²) in [6, 6.07) is 18.4. The number of hydrogen-bond donors (Lipinski definition) is 0. The Kier molecular flexibility index (Phi) is 3.08. The number of para-hydroxylation sites is 1. The minimum Gasteiger partial charge on any atom is -0.307 e. The maximum atomic E-state index is 12.4. The van der Waals surface area contributed by atoms with Crippen molar-refractivity contribution in [2.75, 3.05) is 4.90 Å². The number of hydrogen-bond acceptors (Lipinski definition) is 1. The fourth-order valence-electron chi connectivity index (χ4n) is 2.68. The summed E-state index contributed by atoms with van der Waals surface area (Å²) >= 11 is 0. The van der Waals surface area contributed by atoms with Crippen LogP contribution in [0.4, 0.5) is 5.69 Å². The van der Waals surface area contributed by atoms with Crippen LogP contribution in [0, 0.1) is 5.92 Å². The van der Waals surface area contributed by atoms with Crippen LogP contribution in [-0.4, -0.2) is 5.91 Å². The molecule has 1 atom stereocenters. The average Bonchev–Trinajstić information content (AvgIpc) is 2.45. The predicted octanol–water partition coefficient (Wildman–Crippen LogP) is 3.41. The predicted molar refractivity (Wildman–Crippen MR) is 76.9 cm³/mol. The first kappa shape index (κ1) is 12.0. The summed E-state index contributed by atoms with van der Waals surface area (Å²) in [6.07, 6.45) is 0.848. The van der Waals surface area contributed by atoms with E-state index in [1.54, 1.807) is 0 Å². The smallest absolute Gasteiger partial charge is 0.230 e. The molecule has 0 saturated heterocycles. The van der Waals surface area contributed by atoms with E-state index in [1.165, 1.54) is 11.1 Å². The molecule has 2 aromatic rings. The van der Waals surface area contributed by atoms with Gasteiger partial charge in [-0.2, -0.15) is 0 Å². The summed E-state index contributed by atoms with van der Waals surface area (Å²) in [5.74, 6) is 0.293. The number of rotatable bonds is 2. The molecule has 0 aromatic heterocycles. The van der Waals surface area contributed by atoms with E-state index in [4.69, 9.17) is 0 Å². The summed E-state index contributed by atoms with van der Waals surface area (Å²) in [5.41, 5.74) is 3.50. The fourth-order valence-corrected chi connectivity index (χ4v) is 2.68. The lowest BCUT2D eigenvalue weighted by Crippen LogP contribution is -2.39. The Balaban J connectivity index is 1.97. The Morgan fingerprint density at radius 2 is 1.74 bits per heavy atom. The molecule has 0 bridgehead atoms. The zero-order valence-corrected chi connectivity index (χ0v) is 11.0. The van der Waals surface area contributed by atoms with Crippen molar-refractivity contribution in [1.82, 2.24) is 0 Å². The molecule has 2 nitrogen and oxygen atoms in total. The summed E-state index contributed by atoms with van der Waals surface area (Å²) in [7, 11) is 0. The van der Waals surface area contributed by atoms with Crippen molar-refractivity contribution in [3.63, 3.8) is 0 Å². The van der Waals surface area contributed by atoms with Crippen molar-refractivity contribution >= 4 is 11.6 Å². The van der Waals surface area contributed by atoms with Gasteiger partial charge in [-0.3, -0.25) is 4.79 Å². The number of anilines is 1. The standard InChI is InChI=1S/C17H17NO/c1-13-11-15-9-5-6-10-16(15)18(17(13)19)12-14-7-3-2-4-8-14/h2-10,13H,11-12H2,1H3/t13-/m1/s1. The molecule has 2 aromatic carbocycles. The molecule has 1 heterocycles. The molecule has 0 radical (unpaired) electrons. The molecule has 2 heteroatoms. The van der Waals surface area contributed by atoms with Crippen molar-refractivity contribution in [3.8, 4) is 0 Å². The van der Waals surface area contributed by atoms with Gasteiger partial charge in [0.15, 0.2) is 0 Å². The van der Waals surface area contributed by atoms with Crippen LogP contribution in [0.1, 0.15) is 18.1 Å². The second-order valence-corrected chi connectivity index (χ2v) is 5.14. The number of carbonyl (C=O) groups excluding carboxylic acids is 1. The minimum atomic E-state index is 0.0682. The fraction of sp³-hybridized carbons (Fsp3) is 0.235. The minimum absolute atomic E-state index is 0.0682. The largest absolute Gasteiger partial charge is 0.307 e. The van der Waals surface area contributed by atoms with Crippen LogP contribution in [0.25, 0.3) is 0 Å². The first-order valence-corrected chi connectivity index (χ1v) is 6.69. The highest BCUT2D eigenvalue weighted by Crippen LogP contribution is 2.31. The molecule has 0 aliphatic carbocycles. The van der Waals surface area contributed by atoms with Crippen LogP contribution in [0.5, 0.6) is 0 Å². The van der Waals surface area contributed by atoms with E-state index in [1.807, 2.05) is 48.2 Å². The highest BCUT2D eigenvalue weighted by molar-refractivity contribution is 5.97. The number of benzene rings is 2. The van der Waals surface area contributed by atoms with Crippen molar-refractivity contribution < 1.29 is 4.79 Å². The van der Waals surface area contributed by atoms with Crippen LogP contribution >= 0.6 is 0 Å². The number of carbonyl (C=O) groups is 1. The van der Waals surface area contributed by atoms with E-state index in [-0.39, 0.29) is 11.8 Å². The quantitative estimate of drug-likeness (QED) is 0.801. The Morgan fingerprint density at radius 3 is 2.53 bits per heavy atom. The van der Waals surface area contributed by atoms with Gasteiger partial charge in [0.25, 0.3) is 0 Å². The third kappa shape index (κ3) is 2.26. The molecule has 0 fully saturated rings. The Morgan fingerprint density at radius 1 is 1.05 bits per heavy atom. The molecule has 0 N–H and O–H groups in total. The molecule has 1 aliphatic rings. The van der Waals surface area contributed by atoms with Crippen molar-refractivity contribution in [2.45, 2.75) is 19.9 Å². The number of fused-ring (bicyclic) bond motifs is 1. The normalized spacial score (nSPS) is 18.3. The highest BCUT2D eigenvalue weighted by atomic mass is 16.2. The first-order chi connectivity index (χ1) is 9.25. The zero-order chi connectivity index (χ0) is 13.2. The average molecular weight is 251 g/mol. The van der Waals surface area contributed by atoms with E-state index < -0.39 is 0 Å². The zero-order valence-electron chi connectivity index (χ0n) is 11.0. The van der Waals surface area contributed by atoms with E-state index >= 15 is 0 Å². The molecule has 0 spiro atoms. The van der Waals surface area contributed by atoms with Gasteiger partial charge in [0.1, 0.15) is 0 Å². The van der Waals surface area contributed by atoms with Crippen LogP contribution in [0.2, 0.25) is 0 Å². The summed E-state index contributed by atoms with van der Waals surface area (Å²) in [6.45, 7) is 2.66. The topological polar surface area (TPSA) is 20.3 Å². The monoisotopic (exact) mass is 251 g/mol. The van der Waals surface area contributed by atoms with E-state index in [0.29, 0.717) is 6.54 Å². The summed E-state index contributed by atoms with van der Waals surface area (Å²) in [5, 5.41) is 0. The van der Waals surface area contributed by atoms with Gasteiger partial charge < -0.3 is 4.90 Å². The molecule has 0 unspecified atom stereocenters. The van der Waals surface area contributed by atoms with Crippen LogP contribution < -0.4 is 4.90 Å². The maximum absolute atomic E-state index is 12.4. The number of amides is 1. The summed E-state index contributed by atoms with van der Waals surface area (Å²) < 4.78 is 0. The Labute approximate surface area is 113 Å². The second kappa shape index (κ2) is 4.88. The molecule has 96 valence electrons. The van der Waals surface area contributed by atoms with Crippen molar-refractivity contribution in [1.29, 1.82) is 0 Å². The molecule has 19 heavy (non-hydrogen) atoms. The van der Waals surface area contributed by atoms with Gasteiger partial charge in [-0.15, -0.1) is 0 Å². The van der Waals surface area contributed by atoms with Crippen LogP contribution in [0.15, 0.2) is 54.6 Å². The van der Waals surface area contributed by atoms with Crippen LogP contribution in [-0.2, 0) is 17.8 Å². The number of nitrogens with zero attached hydrogens (tertiary/aromatic N) is 1. The van der Waals surface area contributed by atoms with Gasteiger partial charge in [0.2, 0.25) is 5.91 Å². The van der Waals surface area contributed by atoms with E-state index in [0.717, 1.165) is 12.1 Å². The lowest BCUT2D eigenvalue weighted by Gasteiger charge is -2.33. The molecular formula is C17H17NO.